The smallest absolute Gasteiger partial charge is 0.257 e. The topological polar surface area (TPSA) is 123 Å². The number of sulfonamides is 1. The maximum atomic E-state index is 13.3. The van der Waals surface area contributed by atoms with Crippen molar-refractivity contribution in [3.05, 3.63) is 53.6 Å². The van der Waals surface area contributed by atoms with Gasteiger partial charge >= 0.3 is 0 Å². The van der Waals surface area contributed by atoms with Crippen molar-refractivity contribution < 1.29 is 32.2 Å². The first-order valence-corrected chi connectivity index (χ1v) is 13.9. The second kappa shape index (κ2) is 11.4. The minimum Gasteiger partial charge on any atom is -0.497 e. The molecule has 2 amide bonds. The lowest BCUT2D eigenvalue weighted by Gasteiger charge is -2.42. The van der Waals surface area contributed by atoms with Crippen LogP contribution in [-0.2, 0) is 26.1 Å². The van der Waals surface area contributed by atoms with Gasteiger partial charge < -0.3 is 24.4 Å². The maximum absolute atomic E-state index is 13.3. The molecule has 10 nitrogen and oxygen atoms in total. The first-order chi connectivity index (χ1) is 17.7. The van der Waals surface area contributed by atoms with Gasteiger partial charge in [-0.3, -0.25) is 14.3 Å². The number of anilines is 1. The Hall–Kier alpha value is -3.31. The molecular weight excluding hydrogens is 498 g/mol. The summed E-state index contributed by atoms with van der Waals surface area (Å²) in [6.07, 6.45) is 0.818. The van der Waals surface area contributed by atoms with E-state index in [2.05, 4.69) is 10.0 Å². The van der Waals surface area contributed by atoms with Gasteiger partial charge in [0.05, 0.1) is 37.0 Å². The number of rotatable bonds is 8. The fourth-order valence-corrected chi connectivity index (χ4v) is 5.20. The Kier molecular flexibility index (Phi) is 8.23. The van der Waals surface area contributed by atoms with Crippen molar-refractivity contribution in [3.63, 3.8) is 0 Å². The van der Waals surface area contributed by atoms with Crippen LogP contribution in [0.2, 0.25) is 0 Å². The number of fused-ring (bicyclic) bond motifs is 2. The maximum Gasteiger partial charge on any atom is 0.257 e. The van der Waals surface area contributed by atoms with Gasteiger partial charge in [-0.2, -0.15) is 0 Å². The Labute approximate surface area is 217 Å². The van der Waals surface area contributed by atoms with Gasteiger partial charge in [0.1, 0.15) is 24.2 Å². The summed E-state index contributed by atoms with van der Waals surface area (Å²) in [6.45, 7) is 2.16. The van der Waals surface area contributed by atoms with E-state index < -0.39 is 16.1 Å². The number of carbonyl (C=O) groups is 2. The van der Waals surface area contributed by atoms with E-state index in [4.69, 9.17) is 14.2 Å². The van der Waals surface area contributed by atoms with Crippen molar-refractivity contribution in [3.8, 4) is 11.5 Å². The monoisotopic (exact) mass is 531 g/mol. The highest BCUT2D eigenvalue weighted by molar-refractivity contribution is 7.92. The van der Waals surface area contributed by atoms with Crippen LogP contribution in [0.5, 0.6) is 11.5 Å². The van der Waals surface area contributed by atoms with Crippen molar-refractivity contribution in [1.29, 1.82) is 0 Å². The molecule has 2 heterocycles. The summed E-state index contributed by atoms with van der Waals surface area (Å²) in [5.74, 6) is 0.660. The number of amides is 2. The summed E-state index contributed by atoms with van der Waals surface area (Å²) < 4.78 is 43.7. The summed E-state index contributed by atoms with van der Waals surface area (Å²) in [7, 11) is -0.160. The molecule has 3 atom stereocenters. The molecule has 2 N–H and O–H groups in total. The Morgan fingerprint density at radius 2 is 1.92 bits per heavy atom. The van der Waals surface area contributed by atoms with Crippen molar-refractivity contribution in [2.24, 2.45) is 0 Å². The van der Waals surface area contributed by atoms with Crippen LogP contribution in [0.3, 0.4) is 0 Å². The molecular formula is C26H33N3O7S. The van der Waals surface area contributed by atoms with Gasteiger partial charge in [-0.05, 0) is 55.7 Å². The van der Waals surface area contributed by atoms with Gasteiger partial charge in [0.2, 0.25) is 15.9 Å². The van der Waals surface area contributed by atoms with Crippen molar-refractivity contribution in [2.75, 3.05) is 31.2 Å². The van der Waals surface area contributed by atoms with Crippen molar-refractivity contribution in [2.45, 2.75) is 51.0 Å². The zero-order chi connectivity index (χ0) is 26.6. The zero-order valence-electron chi connectivity index (χ0n) is 21.2. The van der Waals surface area contributed by atoms with Gasteiger partial charge in [0, 0.05) is 19.3 Å². The second-order valence-corrected chi connectivity index (χ2v) is 11.2. The summed E-state index contributed by atoms with van der Waals surface area (Å²) in [6, 6.07) is 11.9. The lowest BCUT2D eigenvalue weighted by Crippen LogP contribution is -2.53. The molecule has 0 spiro atoms. The number of nitrogens with one attached hydrogen (secondary N) is 2. The summed E-state index contributed by atoms with van der Waals surface area (Å²) in [5.41, 5.74) is 1.57. The van der Waals surface area contributed by atoms with Gasteiger partial charge in [0.15, 0.2) is 0 Å². The highest BCUT2D eigenvalue weighted by Gasteiger charge is 2.39. The molecule has 0 radical (unpaired) electrons. The average Bonchev–Trinajstić information content (AvgIpc) is 2.90. The van der Waals surface area contributed by atoms with E-state index in [1.807, 2.05) is 24.3 Å². The Morgan fingerprint density at radius 3 is 2.62 bits per heavy atom. The normalized spacial score (nSPS) is 21.5. The third-order valence-electron chi connectivity index (χ3n) is 6.73. The van der Waals surface area contributed by atoms with E-state index in [1.54, 1.807) is 38.1 Å². The van der Waals surface area contributed by atoms with Crippen molar-refractivity contribution in [1.82, 2.24) is 10.2 Å². The van der Waals surface area contributed by atoms with Gasteiger partial charge in [-0.15, -0.1) is 0 Å². The number of likely N-dealkylation sites (N-methyl/N-ethyl adjacent to an activating group) is 1. The van der Waals surface area contributed by atoms with Crippen LogP contribution in [0.4, 0.5) is 5.69 Å². The average molecular weight is 532 g/mol. The quantitative estimate of drug-likeness (QED) is 0.537. The first kappa shape index (κ1) is 26.7. The SMILES string of the molecule is CCS(=O)(=O)Nc1ccc2c(c1)C(=O)N(C)[C@@H]1CC[C@H](CC(=O)NCc3ccc(OC)cc3)O[C@H]1CO2. The van der Waals surface area contributed by atoms with Crippen LogP contribution < -0.4 is 19.5 Å². The molecule has 1 fully saturated rings. The first-order valence-electron chi connectivity index (χ1n) is 12.3. The summed E-state index contributed by atoms with van der Waals surface area (Å²) in [4.78, 5) is 27.5. The lowest BCUT2D eigenvalue weighted by atomic mass is 9.94. The molecule has 2 aromatic rings. The molecule has 1 saturated heterocycles. The molecule has 2 aliphatic rings. The predicted octanol–water partition coefficient (Wildman–Crippen LogP) is 2.54. The standard InChI is InChI=1S/C26H33N3O7S/c1-4-37(32,33)28-18-7-12-23-21(13-18)26(31)29(2)22-11-10-20(36-24(22)16-35-23)14-25(30)27-15-17-5-8-19(34-3)9-6-17/h5-9,12-13,20,22,24,28H,4,10-11,14-16H2,1-3H3,(H,27,30)/t20-,22-,24+/m1/s1. The largest absolute Gasteiger partial charge is 0.497 e. The second-order valence-electron chi connectivity index (χ2n) is 9.21. The summed E-state index contributed by atoms with van der Waals surface area (Å²) in [5, 5.41) is 2.93. The number of nitrogens with zero attached hydrogens (tertiary/aromatic N) is 1. The van der Waals surface area contributed by atoms with Crippen LogP contribution in [0.1, 0.15) is 42.1 Å². The third kappa shape index (κ3) is 6.53. The zero-order valence-corrected chi connectivity index (χ0v) is 22.0. The number of benzene rings is 2. The van der Waals surface area contributed by atoms with Gasteiger partial charge in [-0.25, -0.2) is 8.42 Å². The fourth-order valence-electron chi connectivity index (χ4n) is 4.57. The molecule has 0 aromatic heterocycles. The predicted molar refractivity (Wildman–Crippen MR) is 138 cm³/mol. The number of hydrogen-bond donors (Lipinski definition) is 2. The molecule has 0 bridgehead atoms. The number of ether oxygens (including phenoxy) is 3. The molecule has 200 valence electrons. The number of methoxy groups -OCH3 is 1. The van der Waals surface area contributed by atoms with E-state index in [0.717, 1.165) is 11.3 Å². The minimum atomic E-state index is -3.48. The Bertz CT molecular complexity index is 1230. The molecule has 0 aliphatic carbocycles. The van der Waals surface area contributed by atoms with E-state index in [-0.39, 0.29) is 48.3 Å². The van der Waals surface area contributed by atoms with E-state index >= 15 is 0 Å². The molecule has 4 rings (SSSR count). The van der Waals surface area contributed by atoms with Crippen LogP contribution in [0.25, 0.3) is 0 Å². The van der Waals surface area contributed by atoms with Gasteiger partial charge in [-0.1, -0.05) is 12.1 Å². The minimum absolute atomic E-state index is 0.0732. The van der Waals surface area contributed by atoms with Crippen LogP contribution in [0, 0.1) is 0 Å². The summed E-state index contributed by atoms with van der Waals surface area (Å²) >= 11 is 0. The van der Waals surface area contributed by atoms with Crippen molar-refractivity contribution >= 4 is 27.5 Å². The molecule has 37 heavy (non-hydrogen) atoms. The fraction of sp³-hybridized carbons (Fsp3) is 0.462. The molecule has 2 aromatic carbocycles. The highest BCUT2D eigenvalue weighted by atomic mass is 32.2. The Morgan fingerprint density at radius 1 is 1.16 bits per heavy atom. The number of hydrogen-bond acceptors (Lipinski definition) is 7. The highest BCUT2D eigenvalue weighted by Crippen LogP contribution is 2.32. The number of carbonyl (C=O) groups excluding carboxylic acids is 2. The molecule has 0 saturated carbocycles. The molecule has 11 heteroatoms. The van der Waals surface area contributed by atoms with E-state index in [0.29, 0.717) is 30.8 Å². The lowest BCUT2D eigenvalue weighted by molar-refractivity contribution is -0.134. The van der Waals surface area contributed by atoms with E-state index in [9.17, 15) is 18.0 Å². The van der Waals surface area contributed by atoms with Crippen LogP contribution in [-0.4, -0.2) is 69.9 Å². The van der Waals surface area contributed by atoms with Crippen LogP contribution in [0.15, 0.2) is 42.5 Å². The Balaban J connectivity index is 1.37. The third-order valence-corrected chi connectivity index (χ3v) is 8.03. The molecule has 2 aliphatic heterocycles. The molecule has 0 unspecified atom stereocenters. The van der Waals surface area contributed by atoms with Crippen LogP contribution >= 0.6 is 0 Å². The van der Waals surface area contributed by atoms with Gasteiger partial charge in [0.25, 0.3) is 5.91 Å². The van der Waals surface area contributed by atoms with E-state index in [1.165, 1.54) is 6.07 Å².